The summed E-state index contributed by atoms with van der Waals surface area (Å²) in [5.74, 6) is -1.83. The molecule has 20 heteroatoms. The molecule has 3 saturated heterocycles. The number of imide groups is 2. The van der Waals surface area contributed by atoms with Crippen molar-refractivity contribution in [2.45, 2.75) is 50.6 Å². The molecule has 3 aromatic heterocycles. The fourth-order valence-electron chi connectivity index (χ4n) is 8.62. The third-order valence-electron chi connectivity index (χ3n) is 12.2. The van der Waals surface area contributed by atoms with Crippen LogP contribution in [0.4, 0.5) is 17.3 Å². The summed E-state index contributed by atoms with van der Waals surface area (Å²) in [5, 5.41) is 23.4. The van der Waals surface area contributed by atoms with Crippen molar-refractivity contribution in [1.82, 2.24) is 44.6 Å². The van der Waals surface area contributed by atoms with Crippen molar-refractivity contribution in [2.24, 2.45) is 5.92 Å². The Labute approximate surface area is 355 Å². The molecule has 4 N–H and O–H groups in total. The van der Waals surface area contributed by atoms with Crippen LogP contribution in [0.25, 0.3) is 22.3 Å². The smallest absolute Gasteiger partial charge is 0.262 e. The first-order valence-electron chi connectivity index (χ1n) is 20.4. The molecule has 1 unspecified atom stereocenters. The largest absolute Gasteiger partial charge is 0.371 e. The van der Waals surface area contributed by atoms with Crippen molar-refractivity contribution in [2.75, 3.05) is 48.7 Å². The Kier molecular flexibility index (Phi) is 10.3. The first-order chi connectivity index (χ1) is 29.9. The number of sulfonamides is 1. The number of aromatic amines is 1. The fourth-order valence-corrected chi connectivity index (χ4v) is 9.86. The Bertz CT molecular complexity index is 2800. The van der Waals surface area contributed by atoms with E-state index in [0.29, 0.717) is 53.7 Å². The summed E-state index contributed by atoms with van der Waals surface area (Å²) in [6.45, 7) is 3.77. The second-order valence-corrected chi connectivity index (χ2v) is 18.3. The van der Waals surface area contributed by atoms with Crippen molar-refractivity contribution in [3.8, 4) is 17.3 Å². The molecule has 4 aliphatic rings. The molecular formula is C42H42N12O7S. The van der Waals surface area contributed by atoms with Crippen LogP contribution in [0.15, 0.2) is 67.1 Å². The quantitative estimate of drug-likeness (QED) is 0.132. The predicted molar refractivity (Wildman–Crippen MR) is 224 cm³/mol. The summed E-state index contributed by atoms with van der Waals surface area (Å²) in [5.41, 5.74) is 3.49. The number of piperidine rings is 2. The molecule has 2 aromatic carbocycles. The van der Waals surface area contributed by atoms with Gasteiger partial charge in [-0.15, -0.1) is 0 Å². The molecule has 5 amide bonds. The molecule has 19 nitrogen and oxygen atoms in total. The van der Waals surface area contributed by atoms with Gasteiger partial charge >= 0.3 is 0 Å². The number of carbonyl (C=O) groups excluding carboxylic acids is 5. The zero-order chi connectivity index (χ0) is 43.3. The lowest BCUT2D eigenvalue weighted by Crippen LogP contribution is -2.64. The first kappa shape index (κ1) is 40.4. The molecule has 3 fully saturated rings. The molecular weight excluding hydrogens is 817 g/mol. The Balaban J connectivity index is 0.795. The van der Waals surface area contributed by atoms with Crippen LogP contribution >= 0.6 is 0 Å². The van der Waals surface area contributed by atoms with Gasteiger partial charge in [-0.05, 0) is 80.6 Å². The summed E-state index contributed by atoms with van der Waals surface area (Å²) in [7, 11) is -3.40. The van der Waals surface area contributed by atoms with Crippen LogP contribution in [0.2, 0.25) is 0 Å². The zero-order valence-corrected chi connectivity index (χ0v) is 34.4. The highest BCUT2D eigenvalue weighted by atomic mass is 32.2. The van der Waals surface area contributed by atoms with Gasteiger partial charge in [0.25, 0.3) is 17.7 Å². The monoisotopic (exact) mass is 858 g/mol. The third-order valence-corrected chi connectivity index (χ3v) is 14.0. The number of anilines is 3. The molecule has 318 valence electrons. The molecule has 0 saturated carbocycles. The van der Waals surface area contributed by atoms with E-state index in [2.05, 4.69) is 42.0 Å². The van der Waals surface area contributed by atoms with Gasteiger partial charge in [-0.1, -0.05) is 0 Å². The number of hydrogen-bond donors (Lipinski definition) is 4. The second kappa shape index (κ2) is 15.8. The van der Waals surface area contributed by atoms with Crippen LogP contribution in [0.3, 0.4) is 0 Å². The number of nitrogens with zero attached hydrogens (tertiary/aromatic N) is 8. The Morgan fingerprint density at radius 2 is 1.74 bits per heavy atom. The number of nitriles is 1. The van der Waals surface area contributed by atoms with Crippen molar-refractivity contribution < 1.29 is 32.4 Å². The van der Waals surface area contributed by atoms with Gasteiger partial charge in [-0.2, -0.15) is 19.6 Å². The molecule has 5 aromatic rings. The molecule has 4 aliphatic heterocycles. The lowest BCUT2D eigenvalue weighted by molar-refractivity contribution is -0.136. The van der Waals surface area contributed by atoms with Crippen LogP contribution in [-0.4, -0.2) is 116 Å². The van der Waals surface area contributed by atoms with Gasteiger partial charge in [-0.3, -0.25) is 38.9 Å². The standard InChI is InChI=1S/C42H42N12O7S/c1-2-62(60,61)52-23-42(24-52,14-15-43)53-22-27(21-46-53)35-31-11-16-44-36(31)50-41(49-35)47-28-5-3-26(4-6-28)37(56)45-20-25-12-17-51(18-13-25)29-7-8-30-32(19-29)40(59)54(39(30)58)33-9-10-34(55)48-38(33)57/h3-8,11,16,19,21-22,25,33H,2,9-10,12-14,17-18,20,23-24H2,1H3,(H,45,56)(H,48,55,57)(H2,44,47,49,50). The number of benzene rings is 2. The predicted octanol–water partition coefficient (Wildman–Crippen LogP) is 2.89. The summed E-state index contributed by atoms with van der Waals surface area (Å²) in [6, 6.07) is 15.1. The molecule has 0 spiro atoms. The number of H-pyrrole nitrogens is 1. The van der Waals surface area contributed by atoms with E-state index in [1.807, 2.05) is 6.07 Å². The normalized spacial score (nSPS) is 19.3. The number of hydrogen-bond acceptors (Lipinski definition) is 13. The van der Waals surface area contributed by atoms with E-state index in [1.165, 1.54) is 4.31 Å². The highest BCUT2D eigenvalue weighted by Gasteiger charge is 2.50. The average Bonchev–Trinajstić information content (AvgIpc) is 4.00. The third kappa shape index (κ3) is 7.32. The van der Waals surface area contributed by atoms with E-state index in [-0.39, 0.29) is 61.1 Å². The van der Waals surface area contributed by atoms with Gasteiger partial charge in [0, 0.05) is 79.4 Å². The van der Waals surface area contributed by atoms with Gasteiger partial charge in [-0.25, -0.2) is 13.4 Å². The number of nitrogens with one attached hydrogen (secondary N) is 4. The van der Waals surface area contributed by atoms with Crippen LogP contribution in [0, 0.1) is 17.2 Å². The summed E-state index contributed by atoms with van der Waals surface area (Å²) in [4.78, 5) is 79.3. The van der Waals surface area contributed by atoms with E-state index < -0.39 is 45.2 Å². The minimum atomic E-state index is -3.40. The van der Waals surface area contributed by atoms with Crippen molar-refractivity contribution >= 4 is 67.9 Å². The highest BCUT2D eigenvalue weighted by Crippen LogP contribution is 2.37. The minimum Gasteiger partial charge on any atom is -0.371 e. The second-order valence-electron chi connectivity index (χ2n) is 16.1. The lowest BCUT2D eigenvalue weighted by atomic mass is 9.89. The molecule has 1 atom stereocenters. The SMILES string of the molecule is CCS(=O)(=O)N1CC(CC#N)(n2cc(-c3nc(Nc4ccc(C(=O)NCC5CCN(c6ccc7c(c6)C(=O)N(C6CCC(=O)NC6=O)C7=O)CC5)cc4)nc4[nH]ccc34)cn2)C1. The van der Waals surface area contributed by atoms with Crippen molar-refractivity contribution in [1.29, 1.82) is 5.26 Å². The molecule has 62 heavy (non-hydrogen) atoms. The Morgan fingerprint density at radius 1 is 0.984 bits per heavy atom. The van der Waals surface area contributed by atoms with Crippen LogP contribution in [0.1, 0.15) is 70.1 Å². The van der Waals surface area contributed by atoms with Gasteiger partial charge in [0.15, 0.2) is 0 Å². The number of aromatic nitrogens is 5. The maximum atomic E-state index is 13.3. The summed E-state index contributed by atoms with van der Waals surface area (Å²) in [6.07, 6.45) is 7.03. The maximum absolute atomic E-state index is 13.3. The number of rotatable bonds is 12. The maximum Gasteiger partial charge on any atom is 0.262 e. The number of amides is 5. The minimum absolute atomic E-state index is 0.0182. The number of carbonyl (C=O) groups is 5. The zero-order valence-electron chi connectivity index (χ0n) is 33.6. The van der Waals surface area contributed by atoms with Crippen LogP contribution in [-0.2, 0) is 25.2 Å². The van der Waals surface area contributed by atoms with Gasteiger partial charge < -0.3 is 20.5 Å². The Hall–Kier alpha value is -6.98. The lowest BCUT2D eigenvalue weighted by Gasteiger charge is -2.47. The molecule has 0 aliphatic carbocycles. The Morgan fingerprint density at radius 3 is 2.47 bits per heavy atom. The first-order valence-corrected chi connectivity index (χ1v) is 22.0. The van der Waals surface area contributed by atoms with E-state index in [1.54, 1.807) is 72.7 Å². The van der Waals surface area contributed by atoms with Gasteiger partial charge in [0.2, 0.25) is 27.8 Å². The summed E-state index contributed by atoms with van der Waals surface area (Å²) >= 11 is 0. The summed E-state index contributed by atoms with van der Waals surface area (Å²) < 4.78 is 27.9. The van der Waals surface area contributed by atoms with Crippen molar-refractivity contribution in [3.63, 3.8) is 0 Å². The molecule has 0 bridgehead atoms. The van der Waals surface area contributed by atoms with E-state index in [4.69, 9.17) is 4.98 Å². The van der Waals surface area contributed by atoms with E-state index in [9.17, 15) is 37.7 Å². The van der Waals surface area contributed by atoms with Gasteiger partial charge in [0.05, 0.1) is 41.3 Å². The van der Waals surface area contributed by atoms with Gasteiger partial charge in [0.1, 0.15) is 17.2 Å². The fraction of sp³-hybridized carbons (Fsp3) is 0.357. The molecule has 7 heterocycles. The van der Waals surface area contributed by atoms with Crippen molar-refractivity contribution in [3.05, 3.63) is 83.8 Å². The van der Waals surface area contributed by atoms with Crippen LogP contribution in [0.5, 0.6) is 0 Å². The molecule has 9 rings (SSSR count). The van der Waals surface area contributed by atoms with E-state index in [0.717, 1.165) is 28.8 Å². The number of fused-ring (bicyclic) bond motifs is 2. The topological polar surface area (TPSA) is 248 Å². The average molecular weight is 859 g/mol. The highest BCUT2D eigenvalue weighted by molar-refractivity contribution is 7.89. The van der Waals surface area contributed by atoms with Crippen LogP contribution < -0.4 is 20.9 Å². The molecule has 0 radical (unpaired) electrons. The van der Waals surface area contributed by atoms with E-state index >= 15 is 0 Å².